The maximum Gasteiger partial charge on any atom is 0.123 e. The second-order valence-electron chi connectivity index (χ2n) is 5.89. The number of benzene rings is 2. The Hall–Kier alpha value is -1.98. The molecule has 3 nitrogen and oxygen atoms in total. The van der Waals surface area contributed by atoms with E-state index in [4.69, 9.17) is 4.74 Å². The van der Waals surface area contributed by atoms with Crippen LogP contribution in [0.2, 0.25) is 0 Å². The van der Waals surface area contributed by atoms with Crippen molar-refractivity contribution in [2.45, 2.75) is 24.5 Å². The molecule has 0 spiro atoms. The maximum atomic E-state index is 13.3. The molecule has 0 radical (unpaired) electrons. The van der Waals surface area contributed by atoms with Crippen LogP contribution in [0.5, 0.6) is 5.75 Å². The highest BCUT2D eigenvalue weighted by molar-refractivity contribution is 5.30. The highest BCUT2D eigenvalue weighted by Crippen LogP contribution is 2.45. The molecule has 3 rings (SSSR count). The Balaban J connectivity index is 1.49. The van der Waals surface area contributed by atoms with Crippen molar-refractivity contribution in [1.82, 2.24) is 5.32 Å². The normalized spacial score (nSPS) is 16.8. The fourth-order valence-corrected chi connectivity index (χ4v) is 2.57. The number of aliphatic hydroxyl groups excluding tert-OH is 1. The molecular weight excluding hydrogens is 300 g/mol. The smallest absolute Gasteiger partial charge is 0.123 e. The highest BCUT2D eigenvalue weighted by Gasteiger charge is 2.44. The zero-order valence-electron chi connectivity index (χ0n) is 12.6. The summed E-state index contributed by atoms with van der Waals surface area (Å²) in [7, 11) is 0. The molecule has 1 saturated carbocycles. The third kappa shape index (κ3) is 4.06. The highest BCUT2D eigenvalue weighted by atomic mass is 19.1. The van der Waals surface area contributed by atoms with Crippen LogP contribution in [0.1, 0.15) is 18.4 Å². The Morgan fingerprint density at radius 2 is 1.83 bits per heavy atom. The third-order valence-corrected chi connectivity index (χ3v) is 4.06. The molecule has 0 aromatic heterocycles. The maximum absolute atomic E-state index is 13.3. The van der Waals surface area contributed by atoms with Gasteiger partial charge < -0.3 is 15.2 Å². The van der Waals surface area contributed by atoms with Crippen molar-refractivity contribution in [3.8, 4) is 5.75 Å². The molecule has 1 unspecified atom stereocenters. The predicted octanol–water partition coefficient (Wildman–Crippen LogP) is 2.98. The van der Waals surface area contributed by atoms with Gasteiger partial charge in [0.2, 0.25) is 0 Å². The van der Waals surface area contributed by atoms with Gasteiger partial charge in [-0.2, -0.15) is 0 Å². The SMILES string of the molecule is OC(CNC1(c2cccc(F)c2)CC1)COc1ccc(F)cc1. The molecule has 1 aliphatic carbocycles. The molecule has 2 aromatic rings. The molecule has 1 fully saturated rings. The molecule has 0 amide bonds. The van der Waals surface area contributed by atoms with E-state index in [0.717, 1.165) is 18.4 Å². The van der Waals surface area contributed by atoms with Crippen molar-refractivity contribution in [2.24, 2.45) is 0 Å². The first-order chi connectivity index (χ1) is 11.1. The largest absolute Gasteiger partial charge is 0.491 e. The second kappa shape index (κ2) is 6.64. The first-order valence-electron chi connectivity index (χ1n) is 7.65. The van der Waals surface area contributed by atoms with E-state index in [1.807, 2.05) is 6.07 Å². The zero-order valence-corrected chi connectivity index (χ0v) is 12.6. The summed E-state index contributed by atoms with van der Waals surface area (Å²) in [5, 5.41) is 13.3. The van der Waals surface area contributed by atoms with Gasteiger partial charge in [0.1, 0.15) is 30.1 Å². The Kier molecular flexibility index (Phi) is 4.59. The molecule has 23 heavy (non-hydrogen) atoms. The van der Waals surface area contributed by atoms with Crippen LogP contribution >= 0.6 is 0 Å². The van der Waals surface area contributed by atoms with E-state index in [1.54, 1.807) is 6.07 Å². The molecular formula is C18H19F2NO2. The van der Waals surface area contributed by atoms with Crippen molar-refractivity contribution >= 4 is 0 Å². The molecule has 0 bridgehead atoms. The molecule has 0 heterocycles. The van der Waals surface area contributed by atoms with Gasteiger partial charge in [-0.3, -0.25) is 0 Å². The summed E-state index contributed by atoms with van der Waals surface area (Å²) in [5.41, 5.74) is 0.669. The van der Waals surface area contributed by atoms with E-state index in [2.05, 4.69) is 5.32 Å². The van der Waals surface area contributed by atoms with Gasteiger partial charge in [0.15, 0.2) is 0 Å². The summed E-state index contributed by atoms with van der Waals surface area (Å²) in [6, 6.07) is 12.2. The number of hydrogen-bond acceptors (Lipinski definition) is 3. The van der Waals surface area contributed by atoms with Gasteiger partial charge in [-0.1, -0.05) is 12.1 Å². The van der Waals surface area contributed by atoms with E-state index < -0.39 is 6.10 Å². The van der Waals surface area contributed by atoms with Crippen LogP contribution < -0.4 is 10.1 Å². The van der Waals surface area contributed by atoms with Crippen LogP contribution in [-0.2, 0) is 5.54 Å². The lowest BCUT2D eigenvalue weighted by atomic mass is 10.0. The Labute approximate surface area is 133 Å². The monoisotopic (exact) mass is 319 g/mol. The van der Waals surface area contributed by atoms with Crippen molar-refractivity contribution in [2.75, 3.05) is 13.2 Å². The van der Waals surface area contributed by atoms with Crippen LogP contribution in [-0.4, -0.2) is 24.4 Å². The third-order valence-electron chi connectivity index (χ3n) is 4.06. The van der Waals surface area contributed by atoms with Gasteiger partial charge in [-0.15, -0.1) is 0 Å². The van der Waals surface area contributed by atoms with E-state index in [-0.39, 0.29) is 23.8 Å². The van der Waals surface area contributed by atoms with Crippen molar-refractivity contribution < 1.29 is 18.6 Å². The van der Waals surface area contributed by atoms with Crippen LogP contribution in [0.25, 0.3) is 0 Å². The van der Waals surface area contributed by atoms with Crippen molar-refractivity contribution in [3.63, 3.8) is 0 Å². The van der Waals surface area contributed by atoms with Gasteiger partial charge in [-0.05, 0) is 54.8 Å². The number of rotatable bonds is 7. The van der Waals surface area contributed by atoms with E-state index in [1.165, 1.54) is 36.4 Å². The molecule has 0 saturated heterocycles. The predicted molar refractivity (Wildman–Crippen MR) is 83.2 cm³/mol. The molecule has 2 aromatic carbocycles. The fraction of sp³-hybridized carbons (Fsp3) is 0.333. The average molecular weight is 319 g/mol. The minimum absolute atomic E-state index is 0.109. The quantitative estimate of drug-likeness (QED) is 0.824. The lowest BCUT2D eigenvalue weighted by molar-refractivity contribution is 0.102. The molecule has 1 atom stereocenters. The topological polar surface area (TPSA) is 41.5 Å². The number of aliphatic hydroxyl groups is 1. The van der Waals surface area contributed by atoms with Gasteiger partial charge in [-0.25, -0.2) is 8.78 Å². The van der Waals surface area contributed by atoms with Crippen LogP contribution in [0.3, 0.4) is 0 Å². The van der Waals surface area contributed by atoms with E-state index in [9.17, 15) is 13.9 Å². The summed E-state index contributed by atoms with van der Waals surface area (Å²) >= 11 is 0. The van der Waals surface area contributed by atoms with Crippen molar-refractivity contribution in [1.29, 1.82) is 0 Å². The molecule has 2 N–H and O–H groups in total. The van der Waals surface area contributed by atoms with Gasteiger partial charge in [0.25, 0.3) is 0 Å². The first-order valence-corrected chi connectivity index (χ1v) is 7.65. The first kappa shape index (κ1) is 15.9. The Bertz CT molecular complexity index is 656. The Morgan fingerprint density at radius 1 is 1.09 bits per heavy atom. The van der Waals surface area contributed by atoms with E-state index >= 15 is 0 Å². The molecule has 0 aliphatic heterocycles. The molecule has 1 aliphatic rings. The van der Waals surface area contributed by atoms with E-state index in [0.29, 0.717) is 12.3 Å². The number of nitrogens with one attached hydrogen (secondary N) is 1. The molecule has 122 valence electrons. The van der Waals surface area contributed by atoms with Gasteiger partial charge in [0.05, 0.1) is 0 Å². The van der Waals surface area contributed by atoms with Crippen molar-refractivity contribution in [3.05, 3.63) is 65.7 Å². The summed E-state index contributed by atoms with van der Waals surface area (Å²) in [5.74, 6) is -0.0715. The lowest BCUT2D eigenvalue weighted by Gasteiger charge is -2.20. The fourth-order valence-electron chi connectivity index (χ4n) is 2.57. The van der Waals surface area contributed by atoms with Gasteiger partial charge in [0, 0.05) is 12.1 Å². The number of ether oxygens (including phenoxy) is 1. The number of hydrogen-bond donors (Lipinski definition) is 2. The van der Waals surface area contributed by atoms with Crippen LogP contribution in [0.4, 0.5) is 8.78 Å². The standard InChI is InChI=1S/C18H19F2NO2/c19-14-4-6-17(7-5-14)23-12-16(22)11-21-18(8-9-18)13-2-1-3-15(20)10-13/h1-7,10,16,21-22H,8-9,11-12H2. The molecule has 5 heteroatoms. The van der Waals surface area contributed by atoms with Crippen LogP contribution in [0, 0.1) is 11.6 Å². The summed E-state index contributed by atoms with van der Waals surface area (Å²) in [4.78, 5) is 0. The van der Waals surface area contributed by atoms with Crippen LogP contribution in [0.15, 0.2) is 48.5 Å². The number of halogens is 2. The minimum Gasteiger partial charge on any atom is -0.491 e. The minimum atomic E-state index is -0.703. The lowest BCUT2D eigenvalue weighted by Crippen LogP contribution is -2.38. The Morgan fingerprint density at radius 3 is 2.48 bits per heavy atom. The average Bonchev–Trinajstić information content (AvgIpc) is 3.34. The summed E-state index contributed by atoms with van der Waals surface area (Å²) in [6.07, 6.45) is 1.13. The summed E-state index contributed by atoms with van der Waals surface area (Å²) < 4.78 is 31.5. The second-order valence-corrected chi connectivity index (χ2v) is 5.89. The van der Waals surface area contributed by atoms with Gasteiger partial charge >= 0.3 is 0 Å². The summed E-state index contributed by atoms with van der Waals surface area (Å²) in [6.45, 7) is 0.454. The zero-order chi connectivity index (χ0) is 16.3.